The first-order valence-electron chi connectivity index (χ1n) is 8.66. The lowest BCUT2D eigenvalue weighted by atomic mass is 10.1. The van der Waals surface area contributed by atoms with Crippen LogP contribution in [-0.4, -0.2) is 88.0 Å². The Morgan fingerprint density at radius 1 is 1.15 bits per heavy atom. The molecule has 22 heteroatoms. The Balaban J connectivity index is 1.94. The summed E-state index contributed by atoms with van der Waals surface area (Å²) in [6.45, 7) is -0.770. The van der Waals surface area contributed by atoms with E-state index >= 15 is 0 Å². The third-order valence-electron chi connectivity index (χ3n) is 3.80. The van der Waals surface area contributed by atoms with E-state index in [1.807, 2.05) is 0 Å². The number of ether oxygens (including phenoxy) is 1. The number of nitrogens with zero attached hydrogens (tertiary/aromatic N) is 3. The normalized spacial score (nSPS) is 27.1. The quantitative estimate of drug-likeness (QED) is 0.109. The van der Waals surface area contributed by atoms with Gasteiger partial charge in [-0.15, -0.1) is 16.7 Å². The molecular formula is C11H20ClN4O14P3. The van der Waals surface area contributed by atoms with Crippen molar-refractivity contribution in [2.75, 3.05) is 19.0 Å². The molecule has 190 valence electrons. The summed E-state index contributed by atoms with van der Waals surface area (Å²) < 4.78 is 51.6. The maximum atomic E-state index is 11.8. The molecule has 1 amide bonds. The van der Waals surface area contributed by atoms with Crippen molar-refractivity contribution in [3.63, 3.8) is 0 Å². The maximum absolute atomic E-state index is 11.8. The van der Waals surface area contributed by atoms with Crippen molar-refractivity contribution in [1.29, 1.82) is 0 Å². The molecule has 7 N–H and O–H groups in total. The number of halogens is 1. The van der Waals surface area contributed by atoms with Crippen LogP contribution in [0.25, 0.3) is 0 Å². The van der Waals surface area contributed by atoms with Gasteiger partial charge in [0.05, 0.1) is 18.5 Å². The lowest BCUT2D eigenvalue weighted by molar-refractivity contribution is -0.118. The molecule has 18 nitrogen and oxygen atoms in total. The summed E-state index contributed by atoms with van der Waals surface area (Å²) in [5, 5.41) is 30.3. The number of amides is 1. The van der Waals surface area contributed by atoms with Crippen LogP contribution in [0.2, 0.25) is 0 Å². The molecule has 1 saturated heterocycles. The molecule has 0 bridgehead atoms. The molecule has 0 radical (unpaired) electrons. The second kappa shape index (κ2) is 11.3. The summed E-state index contributed by atoms with van der Waals surface area (Å²) in [4.78, 5) is 46.7. The topological polar surface area (TPSA) is 269 Å². The van der Waals surface area contributed by atoms with Gasteiger partial charge < -0.3 is 39.8 Å². The van der Waals surface area contributed by atoms with Crippen LogP contribution in [-0.2, 0) is 42.8 Å². The predicted molar refractivity (Wildman–Crippen MR) is 103 cm³/mol. The van der Waals surface area contributed by atoms with Gasteiger partial charge in [-0.3, -0.25) is 9.32 Å². The second-order valence-electron chi connectivity index (χ2n) is 6.36. The van der Waals surface area contributed by atoms with Crippen molar-refractivity contribution in [3.05, 3.63) is 11.9 Å². The first-order valence-corrected chi connectivity index (χ1v) is 13.7. The van der Waals surface area contributed by atoms with Gasteiger partial charge in [0.2, 0.25) is 5.91 Å². The van der Waals surface area contributed by atoms with E-state index in [4.69, 9.17) is 31.0 Å². The van der Waals surface area contributed by atoms with Crippen molar-refractivity contribution in [2.24, 2.45) is 0 Å². The Hall–Kier alpha value is -0.810. The molecule has 33 heavy (non-hydrogen) atoms. The Morgan fingerprint density at radius 2 is 1.82 bits per heavy atom. The summed E-state index contributed by atoms with van der Waals surface area (Å²) in [5.74, 6) is -0.602. The molecule has 0 aromatic carbocycles. The fraction of sp³-hybridized carbons (Fsp3) is 0.727. The summed E-state index contributed by atoms with van der Waals surface area (Å²) in [6.07, 6.45) is -4.47. The van der Waals surface area contributed by atoms with Crippen LogP contribution in [0.15, 0.2) is 6.20 Å². The minimum atomic E-state index is -5.71. The molecule has 1 aromatic rings. The number of hydrogen-bond donors (Lipinski definition) is 7. The number of aromatic nitrogens is 3. The van der Waals surface area contributed by atoms with Crippen molar-refractivity contribution >= 4 is 41.0 Å². The number of carbonyl (C=O) groups is 1. The lowest BCUT2D eigenvalue weighted by Crippen LogP contribution is -2.33. The fourth-order valence-corrected chi connectivity index (χ4v) is 5.61. The van der Waals surface area contributed by atoms with Gasteiger partial charge in [0.15, 0.2) is 6.23 Å². The van der Waals surface area contributed by atoms with Gasteiger partial charge in [-0.25, -0.2) is 18.4 Å². The van der Waals surface area contributed by atoms with E-state index in [2.05, 4.69) is 28.8 Å². The standard InChI is InChI=1S/C11H20ClN4O14P3/c12-3-8(17)13-2-1-6-4-16(15-14-6)11-10(19)9(18)7(28-11)5-27-32(23,24)30-33(25,26)29-31(20,21)22/h4,7,9-11,18-19H,1-3,5H2,(H,13,17)(H,23,24)(H,25,26)(H2,20,21,22)/t7-,9-,10-,11-/m1/s1. The molecule has 6 atom stereocenters. The van der Waals surface area contributed by atoms with Crippen LogP contribution in [0.4, 0.5) is 0 Å². The first-order chi connectivity index (χ1) is 15.1. The van der Waals surface area contributed by atoms with Crippen LogP contribution in [0.5, 0.6) is 0 Å². The molecule has 2 rings (SSSR count). The van der Waals surface area contributed by atoms with Crippen LogP contribution in [0.3, 0.4) is 0 Å². The van der Waals surface area contributed by atoms with Gasteiger partial charge in [-0.1, -0.05) is 5.21 Å². The fourth-order valence-electron chi connectivity index (χ4n) is 2.49. The monoisotopic (exact) mass is 560 g/mol. The summed E-state index contributed by atoms with van der Waals surface area (Å²) in [5.41, 5.74) is 0.381. The van der Waals surface area contributed by atoms with Crippen molar-refractivity contribution in [2.45, 2.75) is 31.0 Å². The zero-order chi connectivity index (χ0) is 25.0. The SMILES string of the molecule is O=C(CCl)NCCc1cn([C@@H]2O[C@H](COP(=O)(O)OP(=O)(O)OP(=O)(O)O)[C@@H](O)[C@H]2O)nn1. The Bertz CT molecular complexity index is 972. The van der Waals surface area contributed by atoms with Gasteiger partial charge in [0.25, 0.3) is 0 Å². The number of alkyl halides is 1. The number of phosphoric acid groups is 3. The van der Waals surface area contributed by atoms with E-state index in [-0.39, 0.29) is 24.8 Å². The molecule has 1 aliphatic heterocycles. The Morgan fingerprint density at radius 3 is 2.42 bits per heavy atom. The highest BCUT2D eigenvalue weighted by molar-refractivity contribution is 7.66. The number of rotatable bonds is 12. The maximum Gasteiger partial charge on any atom is 0.490 e. The van der Waals surface area contributed by atoms with E-state index in [9.17, 15) is 33.6 Å². The number of aliphatic hydroxyl groups is 2. The molecule has 2 unspecified atom stereocenters. The van der Waals surface area contributed by atoms with E-state index in [1.165, 1.54) is 6.20 Å². The number of aliphatic hydroxyl groups excluding tert-OH is 2. The molecule has 1 aliphatic rings. The van der Waals surface area contributed by atoms with Crippen LogP contribution in [0, 0.1) is 0 Å². The Labute approximate surface area is 189 Å². The van der Waals surface area contributed by atoms with E-state index < -0.39 is 54.6 Å². The third kappa shape index (κ3) is 9.05. The van der Waals surface area contributed by atoms with Gasteiger partial charge in [0, 0.05) is 13.0 Å². The summed E-state index contributed by atoms with van der Waals surface area (Å²) in [7, 11) is -16.7. The Kier molecular flexibility index (Phi) is 9.72. The third-order valence-corrected chi connectivity index (χ3v) is 7.84. The summed E-state index contributed by atoms with van der Waals surface area (Å²) in [6, 6.07) is 0. The number of hydrogen-bond acceptors (Lipinski definition) is 12. The van der Waals surface area contributed by atoms with E-state index in [0.29, 0.717) is 5.69 Å². The van der Waals surface area contributed by atoms with Crippen molar-refractivity contribution in [1.82, 2.24) is 20.3 Å². The van der Waals surface area contributed by atoms with Crippen LogP contribution in [0.1, 0.15) is 11.9 Å². The highest BCUT2D eigenvalue weighted by Gasteiger charge is 2.46. The molecule has 2 heterocycles. The molecule has 0 saturated carbocycles. The van der Waals surface area contributed by atoms with Gasteiger partial charge in [-0.05, 0) is 0 Å². The molecular weight excluding hydrogens is 541 g/mol. The molecule has 0 aliphatic carbocycles. The second-order valence-corrected chi connectivity index (χ2v) is 11.0. The molecule has 1 fully saturated rings. The zero-order valence-electron chi connectivity index (χ0n) is 16.2. The minimum absolute atomic E-state index is 0.198. The van der Waals surface area contributed by atoms with E-state index in [0.717, 1.165) is 4.68 Å². The minimum Gasteiger partial charge on any atom is -0.387 e. The zero-order valence-corrected chi connectivity index (χ0v) is 19.7. The molecule has 0 spiro atoms. The highest BCUT2D eigenvalue weighted by Crippen LogP contribution is 2.66. The highest BCUT2D eigenvalue weighted by atomic mass is 35.5. The number of nitrogens with one attached hydrogen (secondary N) is 1. The largest absolute Gasteiger partial charge is 0.490 e. The van der Waals surface area contributed by atoms with Gasteiger partial charge >= 0.3 is 23.5 Å². The lowest BCUT2D eigenvalue weighted by Gasteiger charge is -2.19. The number of phosphoric ester groups is 1. The molecule has 1 aromatic heterocycles. The average molecular weight is 561 g/mol. The van der Waals surface area contributed by atoms with E-state index in [1.54, 1.807) is 0 Å². The smallest absolute Gasteiger partial charge is 0.387 e. The average Bonchev–Trinajstić information content (AvgIpc) is 3.22. The van der Waals surface area contributed by atoms with Gasteiger partial charge in [0.1, 0.15) is 24.2 Å². The van der Waals surface area contributed by atoms with Crippen molar-refractivity contribution < 1.29 is 66.2 Å². The van der Waals surface area contributed by atoms with Crippen molar-refractivity contribution in [3.8, 4) is 0 Å². The summed E-state index contributed by atoms with van der Waals surface area (Å²) >= 11 is 5.35. The predicted octanol–water partition coefficient (Wildman–Crippen LogP) is -1.86. The van der Waals surface area contributed by atoms with Crippen LogP contribution < -0.4 is 5.32 Å². The van der Waals surface area contributed by atoms with Crippen LogP contribution >= 0.6 is 35.1 Å². The number of carbonyl (C=O) groups excluding carboxylic acids is 1. The first kappa shape index (κ1) is 28.4. The van der Waals surface area contributed by atoms with Gasteiger partial charge in [-0.2, -0.15) is 8.62 Å².